The first kappa shape index (κ1) is 16.3. The van der Waals surface area contributed by atoms with Gasteiger partial charge in [0.25, 0.3) is 5.91 Å². The van der Waals surface area contributed by atoms with Crippen molar-refractivity contribution in [3.05, 3.63) is 33.6 Å². The summed E-state index contributed by atoms with van der Waals surface area (Å²) < 4.78 is 2.23. The minimum absolute atomic E-state index is 0. The molecule has 0 radical (unpaired) electrons. The van der Waals surface area contributed by atoms with E-state index in [1.807, 2.05) is 18.2 Å². The van der Waals surface area contributed by atoms with Gasteiger partial charge in [-0.1, -0.05) is 25.0 Å². The fourth-order valence-electron chi connectivity index (χ4n) is 3.93. The molecule has 3 aliphatic carbocycles. The predicted octanol–water partition coefficient (Wildman–Crippen LogP) is 5.39. The number of amides is 1. The number of hydrogen-bond donors (Lipinski definition) is 1. The lowest BCUT2D eigenvalue weighted by Gasteiger charge is -2.42. The van der Waals surface area contributed by atoms with Crippen LogP contribution in [0.2, 0.25) is 0 Å². The summed E-state index contributed by atoms with van der Waals surface area (Å²) in [6, 6.07) is 8.53. The number of thiophene rings is 1. The highest BCUT2D eigenvalue weighted by Gasteiger charge is 2.36. The van der Waals surface area contributed by atoms with Crippen molar-refractivity contribution in [1.29, 1.82) is 0 Å². The van der Waals surface area contributed by atoms with Crippen molar-refractivity contribution in [1.82, 2.24) is 5.32 Å². The zero-order valence-electron chi connectivity index (χ0n) is 12.2. The molecule has 1 atom stereocenters. The van der Waals surface area contributed by atoms with Crippen LogP contribution in [0, 0.1) is 11.8 Å². The van der Waals surface area contributed by atoms with Crippen molar-refractivity contribution in [3.8, 4) is 0 Å². The maximum Gasteiger partial charge on any atom is 0.261 e. The largest absolute Gasteiger partial charge is 0.348 e. The van der Waals surface area contributed by atoms with Gasteiger partial charge in [0.1, 0.15) is 0 Å². The van der Waals surface area contributed by atoms with E-state index in [1.165, 1.54) is 32.1 Å². The lowest BCUT2D eigenvalue weighted by molar-refractivity contribution is 0.0814. The Morgan fingerprint density at radius 2 is 2.00 bits per heavy atom. The molecular weight excluding hydrogens is 382 g/mol. The molecule has 3 fully saturated rings. The van der Waals surface area contributed by atoms with Crippen molar-refractivity contribution in [2.45, 2.75) is 38.1 Å². The van der Waals surface area contributed by atoms with Crippen LogP contribution in [-0.2, 0) is 0 Å². The Balaban J connectivity index is 0.00000144. The van der Waals surface area contributed by atoms with Gasteiger partial charge in [-0.15, -0.1) is 23.7 Å². The SMILES string of the molecule is Cl.O=C(N[C@@H]1CC2CCC1CC2)c1cc2cccc(Br)c2s1. The lowest BCUT2D eigenvalue weighted by Crippen LogP contribution is -2.46. The monoisotopic (exact) mass is 399 g/mol. The van der Waals surface area contributed by atoms with Crippen LogP contribution < -0.4 is 5.32 Å². The Morgan fingerprint density at radius 3 is 2.64 bits per heavy atom. The summed E-state index contributed by atoms with van der Waals surface area (Å²) in [5.41, 5.74) is 0. The zero-order chi connectivity index (χ0) is 14.4. The Labute approximate surface area is 149 Å². The molecule has 0 saturated heterocycles. The molecule has 2 aromatic rings. The molecule has 5 heteroatoms. The minimum atomic E-state index is 0. The van der Waals surface area contributed by atoms with Gasteiger partial charge in [-0.2, -0.15) is 0 Å². The van der Waals surface area contributed by atoms with Crippen molar-refractivity contribution >= 4 is 55.7 Å². The summed E-state index contributed by atoms with van der Waals surface area (Å²) in [5, 5.41) is 4.45. The second-order valence-electron chi connectivity index (χ2n) is 6.37. The predicted molar refractivity (Wildman–Crippen MR) is 98.1 cm³/mol. The second-order valence-corrected chi connectivity index (χ2v) is 8.27. The average molecular weight is 401 g/mol. The maximum atomic E-state index is 12.6. The number of nitrogens with one attached hydrogen (secondary N) is 1. The Morgan fingerprint density at radius 1 is 1.23 bits per heavy atom. The molecule has 0 unspecified atom stereocenters. The number of halogens is 2. The molecule has 1 aromatic heterocycles. The van der Waals surface area contributed by atoms with E-state index in [4.69, 9.17) is 0 Å². The summed E-state index contributed by atoms with van der Waals surface area (Å²) in [4.78, 5) is 13.4. The summed E-state index contributed by atoms with van der Waals surface area (Å²) >= 11 is 5.14. The smallest absolute Gasteiger partial charge is 0.261 e. The molecule has 0 spiro atoms. The van der Waals surface area contributed by atoms with E-state index in [0.717, 1.165) is 25.4 Å². The van der Waals surface area contributed by atoms with Gasteiger partial charge in [0.15, 0.2) is 0 Å². The first-order chi connectivity index (χ1) is 10.2. The van der Waals surface area contributed by atoms with Gasteiger partial charge >= 0.3 is 0 Å². The van der Waals surface area contributed by atoms with Gasteiger partial charge in [0.2, 0.25) is 0 Å². The summed E-state index contributed by atoms with van der Waals surface area (Å²) in [5.74, 6) is 1.66. The van der Waals surface area contributed by atoms with Crippen LogP contribution in [-0.4, -0.2) is 11.9 Å². The molecule has 0 aliphatic heterocycles. The van der Waals surface area contributed by atoms with E-state index in [-0.39, 0.29) is 18.3 Å². The van der Waals surface area contributed by atoms with Gasteiger partial charge in [-0.3, -0.25) is 4.79 Å². The summed E-state index contributed by atoms with van der Waals surface area (Å²) in [7, 11) is 0. The van der Waals surface area contributed by atoms with E-state index >= 15 is 0 Å². The van der Waals surface area contributed by atoms with Crippen LogP contribution in [0.15, 0.2) is 28.7 Å². The molecule has 3 saturated carbocycles. The fraction of sp³-hybridized carbons (Fsp3) is 0.471. The minimum Gasteiger partial charge on any atom is -0.348 e. The van der Waals surface area contributed by atoms with E-state index in [1.54, 1.807) is 11.3 Å². The van der Waals surface area contributed by atoms with Crippen LogP contribution in [0.1, 0.15) is 41.8 Å². The van der Waals surface area contributed by atoms with Gasteiger partial charge in [-0.25, -0.2) is 0 Å². The van der Waals surface area contributed by atoms with Crippen LogP contribution >= 0.6 is 39.7 Å². The van der Waals surface area contributed by atoms with Gasteiger partial charge in [-0.05, 0) is 64.5 Å². The van der Waals surface area contributed by atoms with Crippen molar-refractivity contribution in [2.75, 3.05) is 0 Å². The molecule has 2 nitrogen and oxygen atoms in total. The Kier molecular flexibility index (Phi) is 4.81. The molecule has 22 heavy (non-hydrogen) atoms. The average Bonchev–Trinajstić information content (AvgIpc) is 2.94. The fourth-order valence-corrected chi connectivity index (χ4v) is 5.53. The molecule has 3 aliphatic rings. The van der Waals surface area contributed by atoms with Gasteiger partial charge in [0.05, 0.1) is 4.88 Å². The molecule has 1 aromatic carbocycles. The molecule has 5 rings (SSSR count). The molecule has 1 N–H and O–H groups in total. The molecule has 2 bridgehead atoms. The molecule has 118 valence electrons. The number of fused-ring (bicyclic) bond motifs is 4. The van der Waals surface area contributed by atoms with Crippen LogP contribution in [0.3, 0.4) is 0 Å². The Bertz CT molecular complexity index is 693. The highest BCUT2D eigenvalue weighted by atomic mass is 79.9. The number of hydrogen-bond acceptors (Lipinski definition) is 2. The highest BCUT2D eigenvalue weighted by Crippen LogP contribution is 2.41. The summed E-state index contributed by atoms with van der Waals surface area (Å²) in [6.45, 7) is 0. The molecule has 1 amide bonds. The number of rotatable bonds is 2. The molecule has 1 heterocycles. The summed E-state index contributed by atoms with van der Waals surface area (Å²) in [6.07, 6.45) is 6.52. The van der Waals surface area contributed by atoms with E-state index in [2.05, 4.69) is 27.3 Å². The standard InChI is InChI=1S/C17H18BrNOS.ClH/c18-13-3-1-2-12-9-15(21-16(12)13)17(20)19-14-8-10-4-6-11(14)7-5-10;/h1-3,9-11,14H,4-8H2,(H,19,20);1H/t10?,11?,14-;/m1./s1. The Hall–Kier alpha value is -0.580. The second kappa shape index (κ2) is 6.50. The quantitative estimate of drug-likeness (QED) is 0.719. The van der Waals surface area contributed by atoms with Crippen LogP contribution in [0.5, 0.6) is 0 Å². The number of carbonyl (C=O) groups is 1. The third-order valence-electron chi connectivity index (χ3n) is 5.08. The van der Waals surface area contributed by atoms with Crippen molar-refractivity contribution in [3.63, 3.8) is 0 Å². The van der Waals surface area contributed by atoms with Crippen molar-refractivity contribution < 1.29 is 4.79 Å². The van der Waals surface area contributed by atoms with Gasteiger partial charge in [0, 0.05) is 15.2 Å². The topological polar surface area (TPSA) is 29.1 Å². The first-order valence-electron chi connectivity index (χ1n) is 7.69. The van der Waals surface area contributed by atoms with Crippen molar-refractivity contribution in [2.24, 2.45) is 11.8 Å². The third kappa shape index (κ3) is 2.93. The first-order valence-corrected chi connectivity index (χ1v) is 9.30. The molecular formula is C17H19BrClNOS. The van der Waals surface area contributed by atoms with Gasteiger partial charge < -0.3 is 5.32 Å². The van der Waals surface area contributed by atoms with Crippen LogP contribution in [0.4, 0.5) is 0 Å². The van der Waals surface area contributed by atoms with E-state index in [9.17, 15) is 4.79 Å². The third-order valence-corrected chi connectivity index (χ3v) is 7.19. The highest BCUT2D eigenvalue weighted by molar-refractivity contribution is 9.10. The number of carbonyl (C=O) groups excluding carboxylic acids is 1. The van der Waals surface area contributed by atoms with E-state index in [0.29, 0.717) is 12.0 Å². The number of benzene rings is 1. The normalized spacial score (nSPS) is 26.7. The lowest BCUT2D eigenvalue weighted by atomic mass is 9.68. The van der Waals surface area contributed by atoms with E-state index < -0.39 is 0 Å². The maximum absolute atomic E-state index is 12.6. The zero-order valence-corrected chi connectivity index (χ0v) is 15.4. The van der Waals surface area contributed by atoms with Crippen LogP contribution in [0.25, 0.3) is 10.1 Å².